The first-order valence-corrected chi connectivity index (χ1v) is 8.95. The standard InChI is InChI=1S/C18H24N6O5/c1-29-14(25)9-13-17(28)23-12(16(27)24-13)3-2-8-21-15(26)10-4-6-11(7-5-10)22-18(19)20/h4-7,12-13H,2-3,8-9H2,1H3,(H,21,26)(H,23,28)(H,24,27)(H4,19,20,22)/t12-,13-/m0/s1. The van der Waals surface area contributed by atoms with Crippen LogP contribution in [0.1, 0.15) is 29.6 Å². The number of methoxy groups -OCH3 is 1. The van der Waals surface area contributed by atoms with Crippen LogP contribution in [0.25, 0.3) is 0 Å². The summed E-state index contributed by atoms with van der Waals surface area (Å²) in [5, 5.41) is 7.83. The molecule has 0 saturated carbocycles. The van der Waals surface area contributed by atoms with Crippen LogP contribution in [0, 0.1) is 0 Å². The fraction of sp³-hybridized carbons (Fsp3) is 0.389. The summed E-state index contributed by atoms with van der Waals surface area (Å²) in [5.41, 5.74) is 11.6. The minimum Gasteiger partial charge on any atom is -0.469 e. The lowest BCUT2D eigenvalue weighted by Crippen LogP contribution is -2.62. The Kier molecular flexibility index (Phi) is 7.52. The third kappa shape index (κ3) is 6.48. The van der Waals surface area contributed by atoms with E-state index < -0.39 is 24.0 Å². The van der Waals surface area contributed by atoms with E-state index in [1.165, 1.54) is 7.11 Å². The first-order valence-electron chi connectivity index (χ1n) is 8.95. The van der Waals surface area contributed by atoms with E-state index in [2.05, 4.69) is 25.7 Å². The average Bonchev–Trinajstić information content (AvgIpc) is 2.68. The van der Waals surface area contributed by atoms with Crippen molar-refractivity contribution in [2.75, 3.05) is 13.7 Å². The molecule has 1 aromatic carbocycles. The summed E-state index contributed by atoms with van der Waals surface area (Å²) in [6.45, 7) is 0.319. The van der Waals surface area contributed by atoms with E-state index in [0.29, 0.717) is 30.6 Å². The number of nitrogens with one attached hydrogen (secondary N) is 3. The van der Waals surface area contributed by atoms with Gasteiger partial charge in [-0.25, -0.2) is 4.99 Å². The predicted octanol–water partition coefficient (Wildman–Crippen LogP) is -1.35. The monoisotopic (exact) mass is 404 g/mol. The number of amides is 3. The highest BCUT2D eigenvalue weighted by Crippen LogP contribution is 2.12. The SMILES string of the molecule is COC(=O)C[C@@H]1NC(=O)[C@H](CCCNC(=O)c2ccc(N=C(N)N)cc2)NC1=O. The molecule has 1 aromatic rings. The zero-order chi connectivity index (χ0) is 21.4. The maximum absolute atomic E-state index is 12.1. The van der Waals surface area contributed by atoms with Crippen molar-refractivity contribution in [3.8, 4) is 0 Å². The Balaban J connectivity index is 1.75. The van der Waals surface area contributed by atoms with E-state index in [1.54, 1.807) is 24.3 Å². The molecule has 3 amide bonds. The molecule has 1 saturated heterocycles. The zero-order valence-electron chi connectivity index (χ0n) is 15.9. The molecular formula is C18H24N6O5. The van der Waals surface area contributed by atoms with E-state index in [0.717, 1.165) is 0 Å². The number of nitrogens with two attached hydrogens (primary N) is 2. The smallest absolute Gasteiger partial charge is 0.308 e. The minimum absolute atomic E-state index is 0.0716. The Morgan fingerprint density at radius 1 is 1.10 bits per heavy atom. The Morgan fingerprint density at radius 3 is 2.34 bits per heavy atom. The van der Waals surface area contributed by atoms with Crippen molar-refractivity contribution >= 4 is 35.3 Å². The van der Waals surface area contributed by atoms with Crippen LogP contribution >= 0.6 is 0 Å². The molecule has 1 aliphatic rings. The number of hydrogen-bond donors (Lipinski definition) is 5. The summed E-state index contributed by atoms with van der Waals surface area (Å²) >= 11 is 0. The summed E-state index contributed by atoms with van der Waals surface area (Å²) in [6, 6.07) is 4.75. The van der Waals surface area contributed by atoms with Gasteiger partial charge in [0.2, 0.25) is 11.8 Å². The van der Waals surface area contributed by atoms with E-state index in [1.807, 2.05) is 0 Å². The minimum atomic E-state index is -0.937. The molecule has 7 N–H and O–H groups in total. The lowest BCUT2D eigenvalue weighted by Gasteiger charge is -2.29. The lowest BCUT2D eigenvalue weighted by atomic mass is 10.0. The van der Waals surface area contributed by atoms with Crippen molar-refractivity contribution < 1.29 is 23.9 Å². The molecule has 2 atom stereocenters. The summed E-state index contributed by atoms with van der Waals surface area (Å²) < 4.78 is 4.50. The number of esters is 1. The number of rotatable bonds is 8. The molecule has 0 aliphatic carbocycles. The molecule has 29 heavy (non-hydrogen) atoms. The number of hydrogen-bond acceptors (Lipinski definition) is 6. The van der Waals surface area contributed by atoms with Gasteiger partial charge in [0, 0.05) is 12.1 Å². The maximum atomic E-state index is 12.1. The highest BCUT2D eigenvalue weighted by molar-refractivity contribution is 5.98. The van der Waals surface area contributed by atoms with Crippen molar-refractivity contribution in [1.29, 1.82) is 0 Å². The number of ether oxygens (including phenoxy) is 1. The number of carbonyl (C=O) groups excluding carboxylic acids is 4. The predicted molar refractivity (Wildman–Crippen MR) is 104 cm³/mol. The van der Waals surface area contributed by atoms with E-state index in [-0.39, 0.29) is 24.2 Å². The first-order chi connectivity index (χ1) is 13.8. The van der Waals surface area contributed by atoms with Crippen LogP contribution in [0.15, 0.2) is 29.3 Å². The van der Waals surface area contributed by atoms with Crippen LogP contribution in [0.2, 0.25) is 0 Å². The van der Waals surface area contributed by atoms with Crippen LogP contribution in [0.4, 0.5) is 5.69 Å². The molecule has 0 spiro atoms. The van der Waals surface area contributed by atoms with Crippen LogP contribution in [-0.2, 0) is 19.1 Å². The van der Waals surface area contributed by atoms with Crippen LogP contribution in [0.3, 0.4) is 0 Å². The maximum Gasteiger partial charge on any atom is 0.308 e. The van der Waals surface area contributed by atoms with Crippen molar-refractivity contribution in [3.63, 3.8) is 0 Å². The van der Waals surface area contributed by atoms with Crippen LogP contribution < -0.4 is 27.4 Å². The normalized spacial score (nSPS) is 18.2. The molecule has 1 fully saturated rings. The van der Waals surface area contributed by atoms with Gasteiger partial charge >= 0.3 is 5.97 Å². The molecule has 0 radical (unpaired) electrons. The molecule has 0 aromatic heterocycles. The Labute approximate surface area is 167 Å². The third-order valence-electron chi connectivity index (χ3n) is 4.21. The van der Waals surface area contributed by atoms with Gasteiger partial charge in [-0.05, 0) is 37.1 Å². The second kappa shape index (κ2) is 10.1. The summed E-state index contributed by atoms with van der Waals surface area (Å²) in [7, 11) is 1.21. The molecule has 11 heteroatoms. The van der Waals surface area contributed by atoms with Gasteiger partial charge < -0.3 is 32.2 Å². The van der Waals surface area contributed by atoms with Gasteiger partial charge in [-0.2, -0.15) is 0 Å². The highest BCUT2D eigenvalue weighted by Gasteiger charge is 2.34. The van der Waals surface area contributed by atoms with E-state index in [9.17, 15) is 19.2 Å². The van der Waals surface area contributed by atoms with Crippen molar-refractivity contribution in [2.45, 2.75) is 31.3 Å². The summed E-state index contributed by atoms with van der Waals surface area (Å²) in [5.74, 6) is -1.75. The van der Waals surface area contributed by atoms with Gasteiger partial charge in [-0.1, -0.05) is 0 Å². The molecule has 11 nitrogen and oxygen atoms in total. The van der Waals surface area contributed by atoms with Gasteiger partial charge in [-0.15, -0.1) is 0 Å². The fourth-order valence-electron chi connectivity index (χ4n) is 2.72. The molecule has 1 heterocycles. The lowest BCUT2D eigenvalue weighted by molar-refractivity contribution is -0.145. The van der Waals surface area contributed by atoms with Crippen LogP contribution in [-0.4, -0.2) is 55.4 Å². The number of nitrogens with zero attached hydrogens (tertiary/aromatic N) is 1. The molecule has 2 rings (SSSR count). The molecule has 0 bridgehead atoms. The number of guanidine groups is 1. The quantitative estimate of drug-likeness (QED) is 0.154. The molecule has 0 unspecified atom stereocenters. The number of benzene rings is 1. The number of piperazine rings is 1. The Morgan fingerprint density at radius 2 is 1.72 bits per heavy atom. The molecular weight excluding hydrogens is 380 g/mol. The van der Waals surface area contributed by atoms with Gasteiger partial charge in [0.25, 0.3) is 5.91 Å². The van der Waals surface area contributed by atoms with Gasteiger partial charge in [0.1, 0.15) is 12.1 Å². The summed E-state index contributed by atoms with van der Waals surface area (Å²) in [6.07, 6.45) is 0.586. The summed E-state index contributed by atoms with van der Waals surface area (Å²) in [4.78, 5) is 51.3. The third-order valence-corrected chi connectivity index (χ3v) is 4.21. The van der Waals surface area contributed by atoms with Crippen molar-refractivity contribution in [3.05, 3.63) is 29.8 Å². The van der Waals surface area contributed by atoms with E-state index >= 15 is 0 Å². The number of carbonyl (C=O) groups is 4. The van der Waals surface area contributed by atoms with Crippen LogP contribution in [0.5, 0.6) is 0 Å². The second-order valence-corrected chi connectivity index (χ2v) is 6.38. The Bertz CT molecular complexity index is 803. The van der Waals surface area contributed by atoms with Crippen molar-refractivity contribution in [2.24, 2.45) is 16.5 Å². The number of aliphatic imine (C=N–C) groups is 1. The Hall–Kier alpha value is -3.63. The highest BCUT2D eigenvalue weighted by atomic mass is 16.5. The molecule has 1 aliphatic heterocycles. The van der Waals surface area contributed by atoms with Gasteiger partial charge in [0.15, 0.2) is 5.96 Å². The van der Waals surface area contributed by atoms with Crippen molar-refractivity contribution in [1.82, 2.24) is 16.0 Å². The van der Waals surface area contributed by atoms with Gasteiger partial charge in [0.05, 0.1) is 19.2 Å². The largest absolute Gasteiger partial charge is 0.469 e. The first kappa shape index (κ1) is 21.7. The zero-order valence-corrected chi connectivity index (χ0v) is 15.9. The average molecular weight is 404 g/mol. The second-order valence-electron chi connectivity index (χ2n) is 6.38. The molecule has 156 valence electrons. The fourth-order valence-corrected chi connectivity index (χ4v) is 2.72. The van der Waals surface area contributed by atoms with E-state index in [4.69, 9.17) is 11.5 Å². The van der Waals surface area contributed by atoms with Gasteiger partial charge in [-0.3, -0.25) is 19.2 Å². The topological polar surface area (TPSA) is 178 Å².